The lowest BCUT2D eigenvalue weighted by Crippen LogP contribution is -2.13. The van der Waals surface area contributed by atoms with Crippen molar-refractivity contribution in [2.45, 2.75) is 27.3 Å². The van der Waals surface area contributed by atoms with Crippen molar-refractivity contribution in [1.82, 2.24) is 14.8 Å². The summed E-state index contributed by atoms with van der Waals surface area (Å²) < 4.78 is 28.0. The van der Waals surface area contributed by atoms with E-state index in [1.807, 2.05) is 6.92 Å². The third-order valence-electron chi connectivity index (χ3n) is 3.73. The number of carbonyl (C=O) groups excluding carboxylic acids is 1. The summed E-state index contributed by atoms with van der Waals surface area (Å²) in [7, 11) is 0. The Hall–Kier alpha value is -2.83. The molecule has 0 aliphatic heterocycles. The van der Waals surface area contributed by atoms with E-state index < -0.39 is 17.5 Å². The Morgan fingerprint density at radius 3 is 2.62 bits per heavy atom. The highest BCUT2D eigenvalue weighted by molar-refractivity contribution is 6.12. The van der Waals surface area contributed by atoms with E-state index in [1.165, 1.54) is 6.07 Å². The van der Waals surface area contributed by atoms with Crippen molar-refractivity contribution >= 4 is 22.6 Å². The first-order valence-electron chi connectivity index (χ1n) is 7.52. The van der Waals surface area contributed by atoms with Crippen molar-refractivity contribution in [3.8, 4) is 0 Å². The maximum Gasteiger partial charge on any atom is 0.256 e. The summed E-state index contributed by atoms with van der Waals surface area (Å²) in [5, 5.41) is 7.63. The van der Waals surface area contributed by atoms with Crippen LogP contribution < -0.4 is 5.32 Å². The third-order valence-corrected chi connectivity index (χ3v) is 3.73. The molecule has 1 amide bonds. The van der Waals surface area contributed by atoms with Crippen molar-refractivity contribution in [1.29, 1.82) is 0 Å². The van der Waals surface area contributed by atoms with Crippen molar-refractivity contribution < 1.29 is 13.6 Å². The number of nitrogens with one attached hydrogen (secondary N) is 1. The number of rotatable bonds is 3. The van der Waals surface area contributed by atoms with Gasteiger partial charge in [0.2, 0.25) is 0 Å². The monoisotopic (exact) mass is 330 g/mol. The van der Waals surface area contributed by atoms with E-state index in [9.17, 15) is 13.6 Å². The highest BCUT2D eigenvalue weighted by Gasteiger charge is 2.18. The number of hydrogen-bond acceptors (Lipinski definition) is 3. The Morgan fingerprint density at radius 2 is 1.96 bits per heavy atom. The van der Waals surface area contributed by atoms with Gasteiger partial charge < -0.3 is 5.32 Å². The molecule has 0 spiro atoms. The van der Waals surface area contributed by atoms with Gasteiger partial charge in [0.05, 0.1) is 16.6 Å². The van der Waals surface area contributed by atoms with Crippen LogP contribution in [0.15, 0.2) is 24.3 Å². The predicted molar refractivity (Wildman–Crippen MR) is 87.0 cm³/mol. The quantitative estimate of drug-likeness (QED) is 0.798. The number of benzene rings is 1. The molecule has 2 aromatic heterocycles. The SMILES string of the molecule is CCn1nc(C)c2c(C(=O)Nc3ccc(F)c(F)c3)cc(C)nc21. The normalized spacial score (nSPS) is 11.0. The van der Waals surface area contributed by atoms with Gasteiger partial charge in [-0.05, 0) is 39.0 Å². The minimum Gasteiger partial charge on any atom is -0.322 e. The smallest absolute Gasteiger partial charge is 0.256 e. The highest BCUT2D eigenvalue weighted by atomic mass is 19.2. The molecular weight excluding hydrogens is 314 g/mol. The van der Waals surface area contributed by atoms with E-state index in [2.05, 4.69) is 15.4 Å². The van der Waals surface area contributed by atoms with Gasteiger partial charge in [0.25, 0.3) is 5.91 Å². The second kappa shape index (κ2) is 5.99. The van der Waals surface area contributed by atoms with Crippen LogP contribution in [0.5, 0.6) is 0 Å². The number of aryl methyl sites for hydroxylation is 3. The van der Waals surface area contributed by atoms with Crippen LogP contribution in [0.25, 0.3) is 11.0 Å². The Bertz CT molecular complexity index is 949. The molecule has 5 nitrogen and oxygen atoms in total. The van der Waals surface area contributed by atoms with Crippen molar-refractivity contribution in [3.63, 3.8) is 0 Å². The molecule has 3 aromatic rings. The average Bonchev–Trinajstić information content (AvgIpc) is 2.86. The molecule has 7 heteroatoms. The van der Waals surface area contributed by atoms with Crippen LogP contribution in [0.4, 0.5) is 14.5 Å². The van der Waals surface area contributed by atoms with Gasteiger partial charge in [0, 0.05) is 24.0 Å². The van der Waals surface area contributed by atoms with Gasteiger partial charge in [-0.15, -0.1) is 0 Å². The molecule has 0 saturated carbocycles. The molecule has 0 unspecified atom stereocenters. The first-order valence-corrected chi connectivity index (χ1v) is 7.52. The van der Waals surface area contributed by atoms with Gasteiger partial charge in [-0.1, -0.05) is 0 Å². The van der Waals surface area contributed by atoms with Gasteiger partial charge in [-0.2, -0.15) is 5.10 Å². The lowest BCUT2D eigenvalue weighted by molar-refractivity contribution is 0.102. The molecular formula is C17H16F2N4O. The van der Waals surface area contributed by atoms with Crippen LogP contribution in [-0.4, -0.2) is 20.7 Å². The van der Waals surface area contributed by atoms with E-state index in [4.69, 9.17) is 0 Å². The summed E-state index contributed by atoms with van der Waals surface area (Å²) in [6.07, 6.45) is 0. The molecule has 0 aliphatic carbocycles. The molecule has 0 radical (unpaired) electrons. The maximum atomic E-state index is 13.3. The summed E-state index contributed by atoms with van der Waals surface area (Å²) in [4.78, 5) is 17.1. The zero-order chi connectivity index (χ0) is 17.4. The number of carbonyl (C=O) groups is 1. The van der Waals surface area contributed by atoms with Crippen LogP contribution in [0.2, 0.25) is 0 Å². The lowest BCUT2D eigenvalue weighted by Gasteiger charge is -2.08. The minimum absolute atomic E-state index is 0.182. The van der Waals surface area contributed by atoms with Gasteiger partial charge in [-0.25, -0.2) is 18.4 Å². The molecule has 0 saturated heterocycles. The summed E-state index contributed by atoms with van der Waals surface area (Å²) in [6, 6.07) is 4.88. The average molecular weight is 330 g/mol. The van der Waals surface area contributed by atoms with Gasteiger partial charge in [0.15, 0.2) is 17.3 Å². The van der Waals surface area contributed by atoms with Gasteiger partial charge >= 0.3 is 0 Å². The Balaban J connectivity index is 2.06. The van der Waals surface area contributed by atoms with Crippen LogP contribution in [0, 0.1) is 25.5 Å². The zero-order valence-corrected chi connectivity index (χ0v) is 13.5. The van der Waals surface area contributed by atoms with Crippen LogP contribution in [0.3, 0.4) is 0 Å². The second-order valence-electron chi connectivity index (χ2n) is 5.49. The molecule has 0 aliphatic rings. The number of amides is 1. The predicted octanol–water partition coefficient (Wildman–Crippen LogP) is 3.60. The molecule has 1 aromatic carbocycles. The van der Waals surface area contributed by atoms with E-state index in [0.717, 1.165) is 12.1 Å². The van der Waals surface area contributed by atoms with Crippen molar-refractivity contribution in [2.24, 2.45) is 0 Å². The van der Waals surface area contributed by atoms with Gasteiger partial charge in [0.1, 0.15) is 0 Å². The fourth-order valence-electron chi connectivity index (χ4n) is 2.65. The minimum atomic E-state index is -1.01. The fraction of sp³-hybridized carbons (Fsp3) is 0.235. The van der Waals surface area contributed by atoms with Gasteiger partial charge in [-0.3, -0.25) is 4.79 Å². The number of fused-ring (bicyclic) bond motifs is 1. The lowest BCUT2D eigenvalue weighted by atomic mass is 10.1. The van der Waals surface area contributed by atoms with E-state index in [1.54, 1.807) is 24.6 Å². The molecule has 0 fully saturated rings. The largest absolute Gasteiger partial charge is 0.322 e. The van der Waals surface area contributed by atoms with Crippen LogP contribution >= 0.6 is 0 Å². The molecule has 124 valence electrons. The van der Waals surface area contributed by atoms with Crippen LogP contribution in [0.1, 0.15) is 28.7 Å². The zero-order valence-electron chi connectivity index (χ0n) is 13.5. The summed E-state index contributed by atoms with van der Waals surface area (Å²) in [6.45, 7) is 6.16. The molecule has 3 rings (SSSR count). The Morgan fingerprint density at radius 1 is 1.21 bits per heavy atom. The summed E-state index contributed by atoms with van der Waals surface area (Å²) in [5.74, 6) is -2.40. The summed E-state index contributed by atoms with van der Waals surface area (Å²) >= 11 is 0. The van der Waals surface area contributed by atoms with Crippen molar-refractivity contribution in [2.75, 3.05) is 5.32 Å². The highest BCUT2D eigenvalue weighted by Crippen LogP contribution is 2.23. The maximum absolute atomic E-state index is 13.3. The number of hydrogen-bond donors (Lipinski definition) is 1. The third kappa shape index (κ3) is 2.73. The number of aromatic nitrogens is 3. The standard InChI is InChI=1S/C17H16F2N4O/c1-4-23-16-15(10(3)22-23)12(7-9(2)20-16)17(24)21-11-5-6-13(18)14(19)8-11/h5-8H,4H2,1-3H3,(H,21,24). The Labute approximate surface area is 137 Å². The Kier molecular flexibility index (Phi) is 4.01. The van der Waals surface area contributed by atoms with E-state index in [-0.39, 0.29) is 5.69 Å². The second-order valence-corrected chi connectivity index (χ2v) is 5.49. The van der Waals surface area contributed by atoms with E-state index >= 15 is 0 Å². The fourth-order valence-corrected chi connectivity index (χ4v) is 2.65. The molecule has 1 N–H and O–H groups in total. The number of nitrogens with zero attached hydrogens (tertiary/aromatic N) is 3. The van der Waals surface area contributed by atoms with Crippen molar-refractivity contribution in [3.05, 3.63) is 52.9 Å². The topological polar surface area (TPSA) is 59.8 Å². The first kappa shape index (κ1) is 16.0. The van der Waals surface area contributed by atoms with E-state index in [0.29, 0.717) is 34.5 Å². The number of anilines is 1. The first-order chi connectivity index (χ1) is 11.4. The number of halogens is 2. The molecule has 0 atom stereocenters. The molecule has 0 bridgehead atoms. The molecule has 2 heterocycles. The van der Waals surface area contributed by atoms with Crippen LogP contribution in [-0.2, 0) is 6.54 Å². The summed E-state index contributed by atoms with van der Waals surface area (Å²) in [5.41, 5.74) is 2.58. The molecule has 24 heavy (non-hydrogen) atoms. The number of pyridine rings is 1.